The number of thioether (sulfide) groups is 1. The zero-order chi connectivity index (χ0) is 20.7. The molecule has 1 saturated carbocycles. The molecule has 2 aromatic heterocycles. The third-order valence-corrected chi connectivity index (χ3v) is 7.20. The summed E-state index contributed by atoms with van der Waals surface area (Å²) in [6.45, 7) is 3.19. The smallest absolute Gasteiger partial charge is 0.191 e. The van der Waals surface area contributed by atoms with Crippen LogP contribution >= 0.6 is 24.2 Å². The van der Waals surface area contributed by atoms with Crippen molar-refractivity contribution < 1.29 is 8.78 Å². The molecule has 0 radical (unpaired) electrons. The standard InChI is InChI=1S/C21H22F2N6S.ClH/c1-28-18(14-4-5-16(22)17(23)10-14)26-27-20(28)30-9-3-8-29-12-15-11-21(15,13-29)19-24-6-2-7-25-19;/h2,4-7,10,15H,3,8-9,11-13H2,1H3;1H/t15-,21?;/m1./s1. The predicted octanol–water partition coefficient (Wildman–Crippen LogP) is 3.73. The maximum Gasteiger partial charge on any atom is 0.191 e. The van der Waals surface area contributed by atoms with Crippen LogP contribution in [0.15, 0.2) is 41.8 Å². The number of benzene rings is 1. The Kier molecular flexibility index (Phi) is 6.27. The first-order valence-corrected chi connectivity index (χ1v) is 11.0. The fraction of sp³-hybridized carbons (Fsp3) is 0.429. The molecule has 10 heteroatoms. The van der Waals surface area contributed by atoms with Crippen molar-refractivity contribution in [3.8, 4) is 11.4 Å². The first-order chi connectivity index (χ1) is 14.6. The van der Waals surface area contributed by atoms with E-state index in [1.807, 2.05) is 30.1 Å². The molecule has 31 heavy (non-hydrogen) atoms. The molecule has 1 saturated heterocycles. The second kappa shape index (κ2) is 8.80. The Balaban J connectivity index is 0.00000231. The third kappa shape index (κ3) is 4.18. The van der Waals surface area contributed by atoms with Crippen molar-refractivity contribution in [2.75, 3.05) is 25.4 Å². The van der Waals surface area contributed by atoms with Crippen molar-refractivity contribution in [3.05, 3.63) is 54.1 Å². The van der Waals surface area contributed by atoms with Crippen molar-refractivity contribution >= 4 is 24.2 Å². The summed E-state index contributed by atoms with van der Waals surface area (Å²) in [5.41, 5.74) is 0.692. The Morgan fingerprint density at radius 2 is 1.97 bits per heavy atom. The number of hydrogen-bond acceptors (Lipinski definition) is 6. The number of likely N-dealkylation sites (tertiary alicyclic amines) is 1. The first kappa shape index (κ1) is 22.1. The normalized spacial score (nSPS) is 22.2. The summed E-state index contributed by atoms with van der Waals surface area (Å²) >= 11 is 1.63. The molecular weight excluding hydrogens is 442 g/mol. The highest BCUT2D eigenvalue weighted by Gasteiger charge is 2.62. The summed E-state index contributed by atoms with van der Waals surface area (Å²) in [5.74, 6) is 1.38. The van der Waals surface area contributed by atoms with Crippen LogP contribution in [0.3, 0.4) is 0 Å². The van der Waals surface area contributed by atoms with E-state index >= 15 is 0 Å². The van der Waals surface area contributed by atoms with Gasteiger partial charge in [-0.25, -0.2) is 18.7 Å². The van der Waals surface area contributed by atoms with Gasteiger partial charge in [-0.2, -0.15) is 0 Å². The van der Waals surface area contributed by atoms with E-state index in [4.69, 9.17) is 0 Å². The topological polar surface area (TPSA) is 59.7 Å². The highest BCUT2D eigenvalue weighted by molar-refractivity contribution is 7.99. The van der Waals surface area contributed by atoms with E-state index < -0.39 is 11.6 Å². The van der Waals surface area contributed by atoms with Gasteiger partial charge >= 0.3 is 0 Å². The van der Waals surface area contributed by atoms with Crippen LogP contribution in [-0.4, -0.2) is 55.0 Å². The summed E-state index contributed by atoms with van der Waals surface area (Å²) < 4.78 is 28.5. The van der Waals surface area contributed by atoms with Gasteiger partial charge < -0.3 is 9.47 Å². The molecule has 164 valence electrons. The minimum absolute atomic E-state index is 0. The number of hydrogen-bond donors (Lipinski definition) is 0. The molecule has 0 amide bonds. The minimum atomic E-state index is -0.882. The zero-order valence-corrected chi connectivity index (χ0v) is 18.7. The molecule has 1 aromatic carbocycles. The number of halogens is 3. The molecule has 5 rings (SSSR count). The Morgan fingerprint density at radius 3 is 2.74 bits per heavy atom. The van der Waals surface area contributed by atoms with Gasteiger partial charge in [0.05, 0.1) is 0 Å². The van der Waals surface area contributed by atoms with Gasteiger partial charge in [0, 0.05) is 49.3 Å². The van der Waals surface area contributed by atoms with E-state index in [0.717, 1.165) is 54.9 Å². The lowest BCUT2D eigenvalue weighted by Gasteiger charge is -2.19. The van der Waals surface area contributed by atoms with Gasteiger partial charge in [-0.1, -0.05) is 11.8 Å². The van der Waals surface area contributed by atoms with Gasteiger partial charge in [0.2, 0.25) is 0 Å². The zero-order valence-electron chi connectivity index (χ0n) is 17.0. The van der Waals surface area contributed by atoms with Gasteiger partial charge in [-0.3, -0.25) is 0 Å². The van der Waals surface area contributed by atoms with Crippen molar-refractivity contribution in [2.24, 2.45) is 13.0 Å². The van der Waals surface area contributed by atoms with Crippen molar-refractivity contribution in [3.63, 3.8) is 0 Å². The van der Waals surface area contributed by atoms with Crippen molar-refractivity contribution in [2.45, 2.75) is 23.4 Å². The molecule has 1 unspecified atom stereocenters. The first-order valence-electron chi connectivity index (χ1n) is 10.0. The molecule has 0 N–H and O–H groups in total. The van der Waals surface area contributed by atoms with Gasteiger partial charge in [-0.15, -0.1) is 22.6 Å². The van der Waals surface area contributed by atoms with Crippen LogP contribution in [0.5, 0.6) is 0 Å². The number of rotatable bonds is 7. The van der Waals surface area contributed by atoms with E-state index in [1.165, 1.54) is 12.5 Å². The maximum absolute atomic E-state index is 13.5. The SMILES string of the molecule is Cl.Cn1c(SCCCN2C[C@H]3CC3(c3ncccn3)C2)nnc1-c1ccc(F)c(F)c1. The van der Waals surface area contributed by atoms with Crippen LogP contribution in [0.25, 0.3) is 11.4 Å². The summed E-state index contributed by atoms with van der Waals surface area (Å²) in [6.07, 6.45) is 5.91. The van der Waals surface area contributed by atoms with Gasteiger partial charge in [0.15, 0.2) is 22.6 Å². The van der Waals surface area contributed by atoms with Crippen LogP contribution < -0.4 is 0 Å². The van der Waals surface area contributed by atoms with Crippen LogP contribution in [0.4, 0.5) is 8.78 Å². The second-order valence-electron chi connectivity index (χ2n) is 8.06. The molecule has 3 heterocycles. The third-order valence-electron chi connectivity index (χ3n) is 6.09. The summed E-state index contributed by atoms with van der Waals surface area (Å²) in [7, 11) is 1.84. The quantitative estimate of drug-likeness (QED) is 0.392. The number of piperidine rings is 1. The van der Waals surface area contributed by atoms with Gasteiger partial charge in [0.1, 0.15) is 5.82 Å². The Hall–Kier alpha value is -2.10. The van der Waals surface area contributed by atoms with E-state index in [2.05, 4.69) is 25.1 Å². The molecule has 1 aliphatic heterocycles. The van der Waals surface area contributed by atoms with Crippen LogP contribution in [0, 0.1) is 17.6 Å². The summed E-state index contributed by atoms with van der Waals surface area (Å²) in [4.78, 5) is 11.5. The van der Waals surface area contributed by atoms with E-state index in [1.54, 1.807) is 11.8 Å². The summed E-state index contributed by atoms with van der Waals surface area (Å²) in [6, 6.07) is 5.65. The van der Waals surface area contributed by atoms with Crippen molar-refractivity contribution in [1.82, 2.24) is 29.6 Å². The Labute approximate surface area is 189 Å². The lowest BCUT2D eigenvalue weighted by molar-refractivity contribution is 0.297. The fourth-order valence-electron chi connectivity index (χ4n) is 4.44. The molecule has 0 spiro atoms. The molecule has 3 aromatic rings. The number of fused-ring (bicyclic) bond motifs is 1. The largest absolute Gasteiger partial charge is 0.305 e. The van der Waals surface area contributed by atoms with Crippen LogP contribution in [0.2, 0.25) is 0 Å². The van der Waals surface area contributed by atoms with Gasteiger partial charge in [0.25, 0.3) is 0 Å². The van der Waals surface area contributed by atoms with Crippen molar-refractivity contribution in [1.29, 1.82) is 0 Å². The minimum Gasteiger partial charge on any atom is -0.305 e. The molecule has 6 nitrogen and oxygen atoms in total. The van der Waals surface area contributed by atoms with E-state index in [0.29, 0.717) is 17.3 Å². The molecule has 2 atom stereocenters. The van der Waals surface area contributed by atoms with Crippen LogP contribution in [-0.2, 0) is 12.5 Å². The number of nitrogens with zero attached hydrogens (tertiary/aromatic N) is 6. The highest BCUT2D eigenvalue weighted by Crippen LogP contribution is 2.57. The van der Waals surface area contributed by atoms with E-state index in [9.17, 15) is 8.78 Å². The summed E-state index contributed by atoms with van der Waals surface area (Å²) in [5, 5.41) is 9.13. The molecule has 2 fully saturated rings. The molecular formula is C21H23ClF2N6S. The average Bonchev–Trinajstić information content (AvgIpc) is 3.14. The highest BCUT2D eigenvalue weighted by atomic mass is 35.5. The molecule has 1 aliphatic carbocycles. The van der Waals surface area contributed by atoms with Crippen LogP contribution in [0.1, 0.15) is 18.7 Å². The average molecular weight is 465 g/mol. The van der Waals surface area contributed by atoms with Gasteiger partial charge in [-0.05, 0) is 49.6 Å². The maximum atomic E-state index is 13.5. The van der Waals surface area contributed by atoms with E-state index in [-0.39, 0.29) is 17.8 Å². The lowest BCUT2D eigenvalue weighted by Crippen LogP contribution is -2.28. The molecule has 0 bridgehead atoms. The lowest BCUT2D eigenvalue weighted by atomic mass is 10.1. The fourth-order valence-corrected chi connectivity index (χ4v) is 5.27. The predicted molar refractivity (Wildman–Crippen MR) is 117 cm³/mol. The monoisotopic (exact) mass is 464 g/mol. The number of aromatic nitrogens is 5. The Morgan fingerprint density at radius 1 is 1.16 bits per heavy atom. The Bertz CT molecular complexity index is 1070. The molecule has 2 aliphatic rings. The second-order valence-corrected chi connectivity index (χ2v) is 9.12.